The number of unbranched alkanes of at least 4 members (excludes halogenated alkanes) is 1. The minimum Gasteiger partial charge on any atom is -0.493 e. The summed E-state index contributed by atoms with van der Waals surface area (Å²) in [4.78, 5) is 56.2. The van der Waals surface area contributed by atoms with Crippen LogP contribution in [-0.2, 0) is 19.1 Å². The molecule has 0 radical (unpaired) electrons. The van der Waals surface area contributed by atoms with Crippen molar-refractivity contribution in [2.45, 2.75) is 78.7 Å². The van der Waals surface area contributed by atoms with Gasteiger partial charge in [0.05, 0.1) is 48.7 Å². The van der Waals surface area contributed by atoms with Gasteiger partial charge in [-0.1, -0.05) is 60.7 Å². The maximum Gasteiger partial charge on any atom is 0.338 e. The monoisotopic (exact) mass is 762 g/mol. The van der Waals surface area contributed by atoms with E-state index in [-0.39, 0.29) is 24.3 Å². The van der Waals surface area contributed by atoms with E-state index in [1.807, 2.05) is 72.8 Å². The Morgan fingerprint density at radius 2 is 0.982 bits per heavy atom. The third kappa shape index (κ3) is 8.00. The van der Waals surface area contributed by atoms with Crippen molar-refractivity contribution >= 4 is 45.5 Å². The maximum absolute atomic E-state index is 13.5. The topological polar surface area (TPSA) is 136 Å². The molecule has 2 N–H and O–H groups in total. The summed E-state index contributed by atoms with van der Waals surface area (Å²) < 4.78 is 24.2. The van der Waals surface area contributed by atoms with Crippen molar-refractivity contribution in [2.75, 3.05) is 27.3 Å². The highest BCUT2D eigenvalue weighted by atomic mass is 16.5. The number of fused-ring (bicyclic) bond motifs is 2. The molecule has 2 heterocycles. The molecule has 4 aromatic carbocycles. The number of amides is 4. The molecule has 4 amide bonds. The van der Waals surface area contributed by atoms with E-state index in [4.69, 9.17) is 18.9 Å². The Morgan fingerprint density at radius 3 is 1.36 bits per heavy atom. The average Bonchev–Trinajstić information content (AvgIpc) is 3.16. The van der Waals surface area contributed by atoms with Gasteiger partial charge in [-0.3, -0.25) is 0 Å². The third-order valence-corrected chi connectivity index (χ3v) is 10.1. The van der Waals surface area contributed by atoms with Gasteiger partial charge >= 0.3 is 24.0 Å². The van der Waals surface area contributed by atoms with E-state index in [1.165, 1.54) is 9.80 Å². The summed E-state index contributed by atoms with van der Waals surface area (Å²) in [6, 6.07) is 20.9. The number of nitrogens with zero attached hydrogens (tertiary/aromatic N) is 2. The second-order valence-electron chi connectivity index (χ2n) is 14.6. The predicted octanol–water partition coefficient (Wildman–Crippen LogP) is 8.07. The van der Waals surface area contributed by atoms with Crippen molar-refractivity contribution in [1.82, 2.24) is 20.4 Å². The van der Waals surface area contributed by atoms with Crippen LogP contribution in [0.25, 0.3) is 21.5 Å². The summed E-state index contributed by atoms with van der Waals surface area (Å²) in [6.45, 7) is 11.3. The Balaban J connectivity index is 1.23. The van der Waals surface area contributed by atoms with Gasteiger partial charge in [-0.15, -0.1) is 0 Å². The van der Waals surface area contributed by atoms with Crippen molar-refractivity contribution in [3.8, 4) is 11.5 Å². The molecule has 0 spiro atoms. The summed E-state index contributed by atoms with van der Waals surface area (Å²) in [7, 11) is 3.24. The van der Waals surface area contributed by atoms with Crippen LogP contribution in [0.3, 0.4) is 0 Å². The van der Waals surface area contributed by atoms with Gasteiger partial charge in [0.15, 0.2) is 0 Å². The molecule has 12 nitrogen and oxygen atoms in total. The first-order valence-electron chi connectivity index (χ1n) is 19.0. The number of carbonyl (C=O) groups is 4. The molecular formula is C44H50N4O8. The van der Waals surface area contributed by atoms with E-state index >= 15 is 0 Å². The highest BCUT2D eigenvalue weighted by Gasteiger charge is 2.39. The highest BCUT2D eigenvalue weighted by Crippen LogP contribution is 2.42. The summed E-state index contributed by atoms with van der Waals surface area (Å²) in [5, 5.41) is 9.59. The van der Waals surface area contributed by atoms with Gasteiger partial charge in [-0.05, 0) is 88.1 Å². The Bertz CT molecular complexity index is 2090. The van der Waals surface area contributed by atoms with Crippen LogP contribution in [0, 0.1) is 0 Å². The van der Waals surface area contributed by atoms with Crippen LogP contribution in [0.5, 0.6) is 11.5 Å². The molecule has 0 fully saturated rings. The van der Waals surface area contributed by atoms with E-state index in [0.717, 1.165) is 21.5 Å². The molecule has 2 aliphatic heterocycles. The van der Waals surface area contributed by atoms with Crippen molar-refractivity contribution in [1.29, 1.82) is 0 Å². The standard InChI is InChI=1S/C44H50N4O8/c1-25(2)55-41(49)35-27(5)47(7)43(51)45-39(35)37-31-17-11-9-15-29(31)19-21-33(37)53-23-13-14-24-54-34-22-20-30-16-10-12-18-32(30)38(34)40-36(42(50)56-26(3)4)28(6)48(8)44(52)46-40/h9-12,15-22,25-26,39-40H,13-14,23-24H2,1-8H3,(H,45,51)(H,46,52). The predicted molar refractivity (Wildman–Crippen MR) is 214 cm³/mol. The minimum absolute atomic E-state index is 0.326. The molecule has 0 aliphatic carbocycles. The van der Waals surface area contributed by atoms with Gasteiger partial charge in [-0.25, -0.2) is 19.2 Å². The third-order valence-electron chi connectivity index (χ3n) is 10.1. The first kappa shape index (κ1) is 39.6. The van der Waals surface area contributed by atoms with Crippen LogP contribution in [0.2, 0.25) is 0 Å². The molecule has 56 heavy (non-hydrogen) atoms. The second-order valence-corrected chi connectivity index (χ2v) is 14.6. The average molecular weight is 763 g/mol. The fourth-order valence-electron chi connectivity index (χ4n) is 7.15. The lowest BCUT2D eigenvalue weighted by atomic mass is 9.90. The molecule has 0 saturated carbocycles. The lowest BCUT2D eigenvalue weighted by Crippen LogP contribution is -2.46. The van der Waals surface area contributed by atoms with Gasteiger partial charge in [0, 0.05) is 36.6 Å². The summed E-state index contributed by atoms with van der Waals surface area (Å²) in [5.74, 6) is 0.0699. The number of benzene rings is 4. The molecule has 294 valence electrons. The first-order chi connectivity index (χ1) is 26.8. The number of hydrogen-bond donors (Lipinski definition) is 2. The number of esters is 2. The van der Waals surface area contributed by atoms with Gasteiger partial charge in [0.2, 0.25) is 0 Å². The summed E-state index contributed by atoms with van der Waals surface area (Å²) >= 11 is 0. The van der Waals surface area contributed by atoms with Gasteiger partial charge in [0.1, 0.15) is 11.5 Å². The van der Waals surface area contributed by atoms with E-state index < -0.39 is 24.0 Å². The van der Waals surface area contributed by atoms with Crippen LogP contribution in [0.1, 0.15) is 77.6 Å². The van der Waals surface area contributed by atoms with Gasteiger partial charge in [0.25, 0.3) is 0 Å². The lowest BCUT2D eigenvalue weighted by Gasteiger charge is -2.34. The smallest absolute Gasteiger partial charge is 0.338 e. The number of carbonyl (C=O) groups excluding carboxylic acids is 4. The second kappa shape index (κ2) is 16.8. The Labute approximate surface area is 327 Å². The quantitative estimate of drug-likeness (QED) is 0.103. The number of urea groups is 2. The molecule has 0 bridgehead atoms. The van der Waals surface area contributed by atoms with E-state index in [0.29, 0.717) is 71.2 Å². The molecule has 12 heteroatoms. The van der Waals surface area contributed by atoms with Crippen molar-refractivity contribution in [2.24, 2.45) is 0 Å². The molecular weight excluding hydrogens is 713 g/mol. The van der Waals surface area contributed by atoms with Crippen LogP contribution in [0.15, 0.2) is 95.3 Å². The zero-order valence-electron chi connectivity index (χ0n) is 33.2. The van der Waals surface area contributed by atoms with Crippen LogP contribution in [-0.4, -0.2) is 73.3 Å². The fraction of sp³-hybridized carbons (Fsp3) is 0.364. The first-order valence-corrected chi connectivity index (χ1v) is 19.0. The number of nitrogens with one attached hydrogen (secondary N) is 2. The largest absolute Gasteiger partial charge is 0.493 e. The number of hydrogen-bond acceptors (Lipinski definition) is 8. The SMILES string of the molecule is CC1=C(C(=O)OC(C)C)C(c2c(OCCCCOc3ccc4ccccc4c3C3NC(=O)N(C)C(C)=C3C(=O)OC(C)C)ccc3ccccc23)NC(=O)N1C. The van der Waals surface area contributed by atoms with Crippen molar-refractivity contribution in [3.05, 3.63) is 106 Å². The zero-order chi connectivity index (χ0) is 40.3. The molecule has 2 aliphatic rings. The molecule has 6 rings (SSSR count). The fourth-order valence-corrected chi connectivity index (χ4v) is 7.15. The highest BCUT2D eigenvalue weighted by molar-refractivity contribution is 5.99. The molecule has 0 saturated heterocycles. The number of ether oxygens (including phenoxy) is 4. The molecule has 2 unspecified atom stereocenters. The summed E-state index contributed by atoms with van der Waals surface area (Å²) in [5.41, 5.74) is 3.03. The maximum atomic E-state index is 13.5. The normalized spacial score (nSPS) is 17.5. The number of allylic oxidation sites excluding steroid dienone is 2. The Kier molecular flexibility index (Phi) is 11.9. The molecule has 0 aromatic heterocycles. The lowest BCUT2D eigenvalue weighted by molar-refractivity contribution is -0.144. The Hall–Kier alpha value is -6.04. The van der Waals surface area contributed by atoms with E-state index in [1.54, 1.807) is 55.6 Å². The van der Waals surface area contributed by atoms with E-state index in [9.17, 15) is 19.2 Å². The molecule has 4 aromatic rings. The summed E-state index contributed by atoms with van der Waals surface area (Å²) in [6.07, 6.45) is 0.522. The van der Waals surface area contributed by atoms with E-state index in [2.05, 4.69) is 10.6 Å². The zero-order valence-corrected chi connectivity index (χ0v) is 33.2. The minimum atomic E-state index is -0.804. The van der Waals surface area contributed by atoms with Crippen molar-refractivity contribution < 1.29 is 38.1 Å². The van der Waals surface area contributed by atoms with Crippen LogP contribution >= 0.6 is 0 Å². The van der Waals surface area contributed by atoms with Crippen LogP contribution < -0.4 is 20.1 Å². The van der Waals surface area contributed by atoms with Crippen LogP contribution in [0.4, 0.5) is 9.59 Å². The van der Waals surface area contributed by atoms with Crippen molar-refractivity contribution in [3.63, 3.8) is 0 Å². The molecule has 2 atom stereocenters. The number of rotatable bonds is 13. The van der Waals surface area contributed by atoms with Gasteiger partial charge in [-0.2, -0.15) is 0 Å². The Morgan fingerprint density at radius 1 is 0.607 bits per heavy atom. The van der Waals surface area contributed by atoms with Gasteiger partial charge < -0.3 is 39.4 Å².